The Hall–Kier alpha value is -2.85. The maximum Gasteiger partial charge on any atom is 0.253 e. The summed E-state index contributed by atoms with van der Waals surface area (Å²) >= 11 is 4.65. The van der Waals surface area contributed by atoms with Crippen LogP contribution in [0.2, 0.25) is 0 Å². The fourth-order valence-electron chi connectivity index (χ4n) is 2.84. The average Bonchev–Trinajstić information content (AvgIpc) is 3.13. The van der Waals surface area contributed by atoms with Crippen LogP contribution in [0, 0.1) is 0 Å². The van der Waals surface area contributed by atoms with Crippen LogP contribution in [-0.4, -0.2) is 39.4 Å². The zero-order chi connectivity index (χ0) is 22.4. The number of aromatic nitrogens is 3. The molecule has 2 amide bonds. The van der Waals surface area contributed by atoms with Crippen molar-refractivity contribution in [2.24, 2.45) is 7.05 Å². The van der Waals surface area contributed by atoms with Crippen LogP contribution in [0.3, 0.4) is 0 Å². The Labute approximate surface area is 192 Å². The zero-order valence-corrected chi connectivity index (χ0v) is 19.7. The summed E-state index contributed by atoms with van der Waals surface area (Å²) in [7, 11) is 3.38. The zero-order valence-electron chi connectivity index (χ0n) is 17.3. The maximum absolute atomic E-state index is 12.5. The van der Waals surface area contributed by atoms with E-state index >= 15 is 0 Å². The molecule has 3 aromatic rings. The number of nitrogens with zero attached hydrogens (tertiary/aromatic N) is 3. The first-order valence-corrected chi connectivity index (χ1v) is 11.2. The normalized spacial score (nSPS) is 11.6. The molecule has 1 aromatic heterocycles. The minimum atomic E-state index is -0.364. The standard InChI is InChI=1S/C21H22BrN5O3S/c1-13(23-20(29)16-9-4-5-10-17(16)22)19-25-26-21(27(19)2)31-12-18(28)24-14-7-6-8-15(11-14)30-3/h4-11,13H,12H2,1-3H3,(H,23,29)(H,24,28)/t13-/m0/s1. The van der Waals surface area contributed by atoms with Crippen LogP contribution in [0.15, 0.2) is 58.2 Å². The van der Waals surface area contributed by atoms with Gasteiger partial charge >= 0.3 is 0 Å². The van der Waals surface area contributed by atoms with Crippen molar-refractivity contribution in [2.75, 3.05) is 18.2 Å². The van der Waals surface area contributed by atoms with Crippen molar-refractivity contribution in [3.8, 4) is 5.75 Å². The smallest absolute Gasteiger partial charge is 0.253 e. The van der Waals surface area contributed by atoms with Gasteiger partial charge in [0.05, 0.1) is 24.5 Å². The molecule has 2 aromatic carbocycles. The second kappa shape index (κ2) is 10.5. The monoisotopic (exact) mass is 503 g/mol. The molecular formula is C21H22BrN5O3S. The molecule has 0 radical (unpaired) electrons. The highest BCUT2D eigenvalue weighted by atomic mass is 79.9. The van der Waals surface area contributed by atoms with Crippen molar-refractivity contribution in [1.82, 2.24) is 20.1 Å². The summed E-state index contributed by atoms with van der Waals surface area (Å²) in [5.41, 5.74) is 1.20. The highest BCUT2D eigenvalue weighted by Crippen LogP contribution is 2.22. The van der Waals surface area contributed by atoms with Gasteiger partial charge in [0, 0.05) is 23.3 Å². The minimum Gasteiger partial charge on any atom is -0.497 e. The molecule has 0 saturated heterocycles. The molecule has 0 aliphatic heterocycles. The van der Waals surface area contributed by atoms with Crippen molar-refractivity contribution in [2.45, 2.75) is 18.1 Å². The minimum absolute atomic E-state index is 0.168. The Morgan fingerprint density at radius 3 is 2.71 bits per heavy atom. The number of hydrogen-bond acceptors (Lipinski definition) is 6. The molecule has 0 aliphatic carbocycles. The van der Waals surface area contributed by atoms with E-state index in [9.17, 15) is 9.59 Å². The fraction of sp³-hybridized carbons (Fsp3) is 0.238. The van der Waals surface area contributed by atoms with Crippen LogP contribution in [-0.2, 0) is 11.8 Å². The SMILES string of the molecule is COc1cccc(NC(=O)CSc2nnc([C@H](C)NC(=O)c3ccccc3Br)n2C)c1. The third-order valence-corrected chi connectivity index (χ3v) is 6.12. The van der Waals surface area contributed by atoms with Gasteiger partial charge in [0.2, 0.25) is 5.91 Å². The summed E-state index contributed by atoms with van der Waals surface area (Å²) in [6.45, 7) is 1.84. The van der Waals surface area contributed by atoms with E-state index in [-0.39, 0.29) is 23.6 Å². The summed E-state index contributed by atoms with van der Waals surface area (Å²) < 4.78 is 7.65. The van der Waals surface area contributed by atoms with Crippen molar-refractivity contribution in [3.05, 3.63) is 64.4 Å². The number of ether oxygens (including phenoxy) is 1. The summed E-state index contributed by atoms with van der Waals surface area (Å²) in [5.74, 6) is 1.05. The third kappa shape index (κ3) is 5.86. The molecule has 0 aliphatic rings. The van der Waals surface area contributed by atoms with Gasteiger partial charge in [-0.3, -0.25) is 9.59 Å². The predicted molar refractivity (Wildman–Crippen MR) is 123 cm³/mol. The lowest BCUT2D eigenvalue weighted by molar-refractivity contribution is -0.113. The predicted octanol–water partition coefficient (Wildman–Crippen LogP) is 3.81. The number of rotatable bonds is 8. The van der Waals surface area contributed by atoms with E-state index in [1.54, 1.807) is 49.1 Å². The summed E-state index contributed by atoms with van der Waals surface area (Å²) in [5, 5.41) is 14.7. The van der Waals surface area contributed by atoms with Gasteiger partial charge in [0.25, 0.3) is 5.91 Å². The number of anilines is 1. The number of thioether (sulfide) groups is 1. The largest absolute Gasteiger partial charge is 0.497 e. The molecular weight excluding hydrogens is 482 g/mol. The van der Waals surface area contributed by atoms with Crippen molar-refractivity contribution >= 4 is 45.2 Å². The Bertz CT molecular complexity index is 1090. The Morgan fingerprint density at radius 1 is 1.19 bits per heavy atom. The van der Waals surface area contributed by atoms with Crippen LogP contribution in [0.1, 0.15) is 29.1 Å². The molecule has 0 fully saturated rings. The number of benzene rings is 2. The molecule has 31 heavy (non-hydrogen) atoms. The van der Waals surface area contributed by atoms with E-state index in [1.807, 2.05) is 25.1 Å². The lowest BCUT2D eigenvalue weighted by atomic mass is 10.2. The van der Waals surface area contributed by atoms with Gasteiger partial charge in [0.1, 0.15) is 5.75 Å². The van der Waals surface area contributed by atoms with E-state index in [2.05, 4.69) is 36.8 Å². The highest BCUT2D eigenvalue weighted by Gasteiger charge is 2.20. The molecule has 2 N–H and O–H groups in total. The first-order chi connectivity index (χ1) is 14.9. The van der Waals surface area contributed by atoms with Crippen LogP contribution in [0.4, 0.5) is 5.69 Å². The van der Waals surface area contributed by atoms with Gasteiger partial charge in [-0.25, -0.2) is 0 Å². The molecule has 0 unspecified atom stereocenters. The number of halogens is 1. The van der Waals surface area contributed by atoms with Gasteiger partial charge < -0.3 is 19.9 Å². The molecule has 10 heteroatoms. The summed E-state index contributed by atoms with van der Waals surface area (Å²) in [6, 6.07) is 14.0. The molecule has 1 heterocycles. The number of methoxy groups -OCH3 is 1. The highest BCUT2D eigenvalue weighted by molar-refractivity contribution is 9.10. The maximum atomic E-state index is 12.5. The van der Waals surface area contributed by atoms with E-state index in [0.29, 0.717) is 28.0 Å². The molecule has 0 saturated carbocycles. The Kier molecular flexibility index (Phi) is 7.69. The number of carbonyl (C=O) groups excluding carboxylic acids is 2. The molecule has 3 rings (SSSR count). The van der Waals surface area contributed by atoms with E-state index in [1.165, 1.54) is 11.8 Å². The van der Waals surface area contributed by atoms with Gasteiger partial charge in [-0.2, -0.15) is 0 Å². The number of hydrogen-bond donors (Lipinski definition) is 2. The lowest BCUT2D eigenvalue weighted by Crippen LogP contribution is -2.28. The van der Waals surface area contributed by atoms with Gasteiger partial charge in [-0.15, -0.1) is 10.2 Å². The van der Waals surface area contributed by atoms with Gasteiger partial charge in [0.15, 0.2) is 11.0 Å². The molecule has 8 nitrogen and oxygen atoms in total. The van der Waals surface area contributed by atoms with E-state index in [0.717, 1.165) is 4.47 Å². The Balaban J connectivity index is 1.58. The molecule has 0 bridgehead atoms. The van der Waals surface area contributed by atoms with Crippen LogP contribution < -0.4 is 15.4 Å². The topological polar surface area (TPSA) is 98.1 Å². The quantitative estimate of drug-likeness (QED) is 0.453. The Morgan fingerprint density at radius 2 is 1.97 bits per heavy atom. The molecule has 0 spiro atoms. The molecule has 162 valence electrons. The molecule has 1 atom stereocenters. The number of nitrogens with one attached hydrogen (secondary N) is 2. The first kappa shape index (κ1) is 22.8. The van der Waals surface area contributed by atoms with E-state index < -0.39 is 0 Å². The van der Waals surface area contributed by atoms with Crippen LogP contribution in [0.25, 0.3) is 0 Å². The van der Waals surface area contributed by atoms with Crippen LogP contribution in [0.5, 0.6) is 5.75 Å². The summed E-state index contributed by atoms with van der Waals surface area (Å²) in [4.78, 5) is 24.8. The lowest BCUT2D eigenvalue weighted by Gasteiger charge is -2.14. The second-order valence-electron chi connectivity index (χ2n) is 6.64. The third-order valence-electron chi connectivity index (χ3n) is 4.41. The van der Waals surface area contributed by atoms with Crippen molar-refractivity contribution in [3.63, 3.8) is 0 Å². The fourth-order valence-corrected chi connectivity index (χ4v) is 4.02. The van der Waals surface area contributed by atoms with Gasteiger partial charge in [-0.1, -0.05) is 30.0 Å². The van der Waals surface area contributed by atoms with Crippen LogP contribution >= 0.6 is 27.7 Å². The number of amides is 2. The van der Waals surface area contributed by atoms with Crippen molar-refractivity contribution in [1.29, 1.82) is 0 Å². The number of carbonyl (C=O) groups is 2. The van der Waals surface area contributed by atoms with Crippen molar-refractivity contribution < 1.29 is 14.3 Å². The first-order valence-electron chi connectivity index (χ1n) is 9.40. The van der Waals surface area contributed by atoms with E-state index in [4.69, 9.17) is 4.74 Å². The summed E-state index contributed by atoms with van der Waals surface area (Å²) in [6.07, 6.45) is 0. The average molecular weight is 504 g/mol. The second-order valence-corrected chi connectivity index (χ2v) is 8.44. The van der Waals surface area contributed by atoms with Gasteiger partial charge in [-0.05, 0) is 47.1 Å².